The fourth-order valence-electron chi connectivity index (χ4n) is 2.29. The lowest BCUT2D eigenvalue weighted by Crippen LogP contribution is -2.14. The molecule has 0 heterocycles. The van der Waals surface area contributed by atoms with Crippen molar-refractivity contribution in [3.05, 3.63) is 71.3 Å². The Morgan fingerprint density at radius 3 is 1.45 bits per heavy atom. The van der Waals surface area contributed by atoms with Gasteiger partial charge in [-0.05, 0) is 31.9 Å². The molecule has 2 aromatic carbocycles. The highest BCUT2D eigenvalue weighted by Gasteiger charge is 2.18. The van der Waals surface area contributed by atoms with Crippen molar-refractivity contribution in [2.45, 2.75) is 46.5 Å². The first-order chi connectivity index (χ1) is 14.0. The molecular weight excluding hydrogens is 368 g/mol. The van der Waals surface area contributed by atoms with E-state index in [1.165, 1.54) is 0 Å². The summed E-state index contributed by atoms with van der Waals surface area (Å²) in [6, 6.07) is 15.8. The van der Waals surface area contributed by atoms with Gasteiger partial charge in [-0.2, -0.15) is 0 Å². The monoisotopic (exact) mass is 398 g/mol. The summed E-state index contributed by atoms with van der Waals surface area (Å²) < 4.78 is 10.3. The number of carbonyl (C=O) groups is 3. The zero-order chi connectivity index (χ0) is 21.5. The van der Waals surface area contributed by atoms with Crippen LogP contribution in [0.25, 0.3) is 0 Å². The number of esters is 2. The summed E-state index contributed by atoms with van der Waals surface area (Å²) in [6.45, 7) is 6.35. The molecule has 0 saturated carbocycles. The van der Waals surface area contributed by atoms with Crippen molar-refractivity contribution in [2.75, 3.05) is 13.2 Å². The summed E-state index contributed by atoms with van der Waals surface area (Å²) in [5.74, 6) is -0.821. The topological polar surface area (TPSA) is 69.7 Å². The average Bonchev–Trinajstić information content (AvgIpc) is 2.75. The summed E-state index contributed by atoms with van der Waals surface area (Å²) >= 11 is 0. The molecule has 0 bridgehead atoms. The predicted octanol–water partition coefficient (Wildman–Crippen LogP) is 5.49. The molecule has 0 aliphatic heterocycles. The van der Waals surface area contributed by atoms with Gasteiger partial charge in [-0.3, -0.25) is 4.79 Å². The van der Waals surface area contributed by atoms with Crippen LogP contribution >= 0.6 is 0 Å². The highest BCUT2D eigenvalue weighted by Crippen LogP contribution is 2.12. The van der Waals surface area contributed by atoms with Gasteiger partial charge in [-0.25, -0.2) is 9.59 Å². The van der Waals surface area contributed by atoms with E-state index in [0.29, 0.717) is 13.2 Å². The number of ketones is 1. The molecule has 156 valence electrons. The van der Waals surface area contributed by atoms with Crippen LogP contribution in [0.5, 0.6) is 0 Å². The van der Waals surface area contributed by atoms with E-state index in [0.717, 1.165) is 31.2 Å². The van der Waals surface area contributed by atoms with Crippen LogP contribution in [0, 0.1) is 0 Å². The molecular formula is C24H30O5. The lowest BCUT2D eigenvalue weighted by Gasteiger charge is -2.09. The second-order valence-electron chi connectivity index (χ2n) is 6.45. The van der Waals surface area contributed by atoms with Crippen molar-refractivity contribution < 1.29 is 23.9 Å². The summed E-state index contributed by atoms with van der Waals surface area (Å²) in [6.07, 6.45) is 3.53. The van der Waals surface area contributed by atoms with Crippen LogP contribution in [-0.4, -0.2) is 30.9 Å². The Morgan fingerprint density at radius 1 is 0.690 bits per heavy atom. The van der Waals surface area contributed by atoms with E-state index in [9.17, 15) is 14.4 Å². The summed E-state index contributed by atoms with van der Waals surface area (Å²) in [7, 11) is 0. The maximum atomic E-state index is 11.9. The fourth-order valence-corrected chi connectivity index (χ4v) is 2.29. The third-order valence-corrected chi connectivity index (χ3v) is 4.01. The number of benzene rings is 2. The molecule has 0 N–H and O–H groups in total. The fraction of sp³-hybridized carbons (Fsp3) is 0.375. The average molecular weight is 398 g/mol. The number of hydrogen-bond acceptors (Lipinski definition) is 5. The Balaban J connectivity index is 0.000000387. The molecule has 0 amide bonds. The van der Waals surface area contributed by atoms with E-state index in [1.807, 2.05) is 44.2 Å². The Kier molecular flexibility index (Phi) is 11.7. The standard InChI is InChI=1S/C16H22O4.C8H8O/c1-3-5-11-19-15(17)13-9-7-8-10-14(13)16(18)20-12-6-4-2;1-7(9)8-5-3-2-4-6-8/h7-10H,3-6,11-12H2,1-2H3;2-6H,1H3. The van der Waals surface area contributed by atoms with Crippen molar-refractivity contribution in [1.82, 2.24) is 0 Å². The normalized spacial score (nSPS) is 9.76. The minimum atomic E-state index is -0.471. The number of Topliss-reactive ketones (excluding diaryl/α,β-unsaturated/α-hetero) is 1. The van der Waals surface area contributed by atoms with E-state index in [2.05, 4.69) is 0 Å². The van der Waals surface area contributed by atoms with E-state index >= 15 is 0 Å². The van der Waals surface area contributed by atoms with Crippen molar-refractivity contribution in [1.29, 1.82) is 0 Å². The predicted molar refractivity (Wildman–Crippen MR) is 113 cm³/mol. The van der Waals surface area contributed by atoms with E-state index in [-0.39, 0.29) is 16.9 Å². The minimum Gasteiger partial charge on any atom is -0.462 e. The van der Waals surface area contributed by atoms with Gasteiger partial charge in [0.1, 0.15) is 0 Å². The summed E-state index contributed by atoms with van der Waals surface area (Å²) in [4.78, 5) is 34.5. The molecule has 0 fully saturated rings. The van der Waals surface area contributed by atoms with Crippen LogP contribution in [0.1, 0.15) is 77.5 Å². The van der Waals surface area contributed by atoms with Crippen LogP contribution in [0.15, 0.2) is 54.6 Å². The second kappa shape index (κ2) is 14.1. The molecule has 0 radical (unpaired) electrons. The number of ether oxygens (including phenoxy) is 2. The third-order valence-electron chi connectivity index (χ3n) is 4.01. The molecule has 0 spiro atoms. The molecule has 0 atom stereocenters. The van der Waals surface area contributed by atoms with Gasteiger partial charge in [0.25, 0.3) is 0 Å². The van der Waals surface area contributed by atoms with Crippen molar-refractivity contribution in [2.24, 2.45) is 0 Å². The van der Waals surface area contributed by atoms with Crippen molar-refractivity contribution >= 4 is 17.7 Å². The van der Waals surface area contributed by atoms with E-state index < -0.39 is 11.9 Å². The first-order valence-electron chi connectivity index (χ1n) is 10.0. The van der Waals surface area contributed by atoms with Gasteiger partial charge in [-0.1, -0.05) is 69.2 Å². The van der Waals surface area contributed by atoms with Gasteiger partial charge in [-0.15, -0.1) is 0 Å². The van der Waals surface area contributed by atoms with Gasteiger partial charge < -0.3 is 9.47 Å². The van der Waals surface area contributed by atoms with Gasteiger partial charge >= 0.3 is 11.9 Å². The summed E-state index contributed by atoms with van der Waals surface area (Å²) in [5, 5.41) is 0. The molecule has 2 rings (SSSR count). The molecule has 0 aliphatic carbocycles. The molecule has 2 aromatic rings. The second-order valence-corrected chi connectivity index (χ2v) is 6.45. The van der Waals surface area contributed by atoms with Crippen LogP contribution in [0.4, 0.5) is 0 Å². The minimum absolute atomic E-state index is 0.121. The molecule has 0 aliphatic rings. The third kappa shape index (κ3) is 9.19. The lowest BCUT2D eigenvalue weighted by molar-refractivity contribution is 0.0452. The molecule has 0 aromatic heterocycles. The van der Waals surface area contributed by atoms with Crippen LogP contribution < -0.4 is 0 Å². The number of unbranched alkanes of at least 4 members (excludes halogenated alkanes) is 2. The molecule has 5 nitrogen and oxygen atoms in total. The SMILES string of the molecule is CC(=O)c1ccccc1.CCCCOC(=O)c1ccccc1C(=O)OCCCC. The first kappa shape index (κ1) is 24.1. The lowest BCUT2D eigenvalue weighted by atomic mass is 10.1. The highest BCUT2D eigenvalue weighted by molar-refractivity contribution is 6.03. The van der Waals surface area contributed by atoms with Gasteiger partial charge in [0.05, 0.1) is 24.3 Å². The van der Waals surface area contributed by atoms with Gasteiger partial charge in [0.15, 0.2) is 5.78 Å². The molecule has 0 unspecified atom stereocenters. The number of rotatable bonds is 9. The molecule has 29 heavy (non-hydrogen) atoms. The quantitative estimate of drug-likeness (QED) is 0.317. The smallest absolute Gasteiger partial charge is 0.339 e. The van der Waals surface area contributed by atoms with Gasteiger partial charge in [0, 0.05) is 5.56 Å². The Bertz CT molecular complexity index is 727. The van der Waals surface area contributed by atoms with E-state index in [4.69, 9.17) is 9.47 Å². The van der Waals surface area contributed by atoms with Crippen LogP contribution in [-0.2, 0) is 9.47 Å². The summed E-state index contributed by atoms with van der Waals surface area (Å²) in [5.41, 5.74) is 1.31. The van der Waals surface area contributed by atoms with E-state index in [1.54, 1.807) is 31.2 Å². The Hall–Kier alpha value is -2.95. The first-order valence-corrected chi connectivity index (χ1v) is 10.0. The molecule has 0 saturated heterocycles. The highest BCUT2D eigenvalue weighted by atomic mass is 16.5. The van der Waals surface area contributed by atoms with Crippen LogP contribution in [0.3, 0.4) is 0 Å². The number of hydrogen-bond donors (Lipinski definition) is 0. The zero-order valence-electron chi connectivity index (χ0n) is 17.5. The van der Waals surface area contributed by atoms with Crippen molar-refractivity contribution in [3.8, 4) is 0 Å². The Labute approximate surface area is 173 Å². The Morgan fingerprint density at radius 2 is 1.10 bits per heavy atom. The largest absolute Gasteiger partial charge is 0.462 e. The maximum absolute atomic E-state index is 11.9. The van der Waals surface area contributed by atoms with Crippen LogP contribution in [0.2, 0.25) is 0 Å². The zero-order valence-corrected chi connectivity index (χ0v) is 17.5. The molecule has 5 heteroatoms. The number of carbonyl (C=O) groups excluding carboxylic acids is 3. The van der Waals surface area contributed by atoms with Crippen molar-refractivity contribution in [3.63, 3.8) is 0 Å². The van der Waals surface area contributed by atoms with Gasteiger partial charge in [0.2, 0.25) is 0 Å². The maximum Gasteiger partial charge on any atom is 0.339 e.